The maximum Gasteiger partial charge on any atom is 0.245 e. The maximum atomic E-state index is 14.1. The summed E-state index contributed by atoms with van der Waals surface area (Å²) < 4.78 is 0. The molecular formula is C33H45N3O2. The molecular weight excluding hydrogens is 470 g/mol. The van der Waals surface area contributed by atoms with E-state index in [2.05, 4.69) is 55.3 Å². The van der Waals surface area contributed by atoms with Crippen molar-refractivity contribution in [3.8, 4) is 0 Å². The van der Waals surface area contributed by atoms with E-state index < -0.39 is 5.54 Å². The van der Waals surface area contributed by atoms with Gasteiger partial charge in [0.2, 0.25) is 11.8 Å². The van der Waals surface area contributed by atoms with E-state index in [1.54, 1.807) is 0 Å². The number of aromatic nitrogens is 1. The number of hydrogen-bond donors (Lipinski definition) is 2. The monoisotopic (exact) mass is 515 g/mol. The molecule has 38 heavy (non-hydrogen) atoms. The number of aryl methyl sites for hydroxylation is 1. The molecule has 204 valence electrons. The molecule has 2 unspecified atom stereocenters. The SMILES string of the molecule is Cc1[nH]c2ccccc2c1C1C(CC(=O)N(C2CC2)C(C)(C)C(=O)NC23CC4CC(CC(C4)C2)C3)C1(C)C. The smallest absolute Gasteiger partial charge is 0.245 e. The van der Waals surface area contributed by atoms with E-state index in [9.17, 15) is 9.59 Å². The number of benzene rings is 1. The van der Waals surface area contributed by atoms with E-state index >= 15 is 0 Å². The van der Waals surface area contributed by atoms with E-state index in [1.807, 2.05) is 18.7 Å². The third kappa shape index (κ3) is 3.78. The Bertz CT molecular complexity index is 1260. The zero-order chi connectivity index (χ0) is 26.6. The lowest BCUT2D eigenvalue weighted by molar-refractivity contribution is -0.150. The van der Waals surface area contributed by atoms with Crippen molar-refractivity contribution in [2.75, 3.05) is 0 Å². The predicted molar refractivity (Wildman–Crippen MR) is 151 cm³/mol. The topological polar surface area (TPSA) is 65.2 Å². The number of carbonyl (C=O) groups is 2. The Hall–Kier alpha value is -2.30. The van der Waals surface area contributed by atoms with Crippen LogP contribution in [0.25, 0.3) is 10.9 Å². The third-order valence-corrected chi connectivity index (χ3v) is 11.5. The average molecular weight is 516 g/mol. The van der Waals surface area contributed by atoms with Gasteiger partial charge in [0.05, 0.1) is 0 Å². The first-order valence-electron chi connectivity index (χ1n) is 15.2. The van der Waals surface area contributed by atoms with Crippen LogP contribution in [0.3, 0.4) is 0 Å². The Kier molecular flexibility index (Phi) is 5.28. The van der Waals surface area contributed by atoms with E-state index in [-0.39, 0.29) is 34.7 Å². The Morgan fingerprint density at radius 2 is 1.63 bits per heavy atom. The summed E-state index contributed by atoms with van der Waals surface area (Å²) >= 11 is 0. The van der Waals surface area contributed by atoms with Crippen LogP contribution in [0.1, 0.15) is 103 Å². The van der Waals surface area contributed by atoms with Crippen molar-refractivity contribution >= 4 is 22.7 Å². The lowest BCUT2D eigenvalue weighted by atomic mass is 9.53. The summed E-state index contributed by atoms with van der Waals surface area (Å²) in [4.78, 5) is 33.6. The Labute approximate surface area is 227 Å². The highest BCUT2D eigenvalue weighted by Gasteiger charge is 2.61. The van der Waals surface area contributed by atoms with Gasteiger partial charge in [-0.05, 0) is 119 Å². The first-order valence-corrected chi connectivity index (χ1v) is 15.2. The summed E-state index contributed by atoms with van der Waals surface area (Å²) in [6, 6.07) is 8.73. The first kappa shape index (κ1) is 24.7. The van der Waals surface area contributed by atoms with E-state index in [0.717, 1.165) is 49.9 Å². The maximum absolute atomic E-state index is 14.1. The number of nitrogens with one attached hydrogen (secondary N) is 2. The number of nitrogens with zero attached hydrogens (tertiary/aromatic N) is 1. The minimum Gasteiger partial charge on any atom is -0.358 e. The third-order valence-electron chi connectivity index (χ3n) is 11.5. The molecule has 1 aromatic heterocycles. The van der Waals surface area contributed by atoms with Crippen LogP contribution >= 0.6 is 0 Å². The van der Waals surface area contributed by atoms with Gasteiger partial charge in [0.1, 0.15) is 5.54 Å². The van der Waals surface area contributed by atoms with E-state index in [0.29, 0.717) is 12.3 Å². The van der Waals surface area contributed by atoms with Crippen molar-refractivity contribution in [3.63, 3.8) is 0 Å². The molecule has 6 aliphatic carbocycles. The largest absolute Gasteiger partial charge is 0.358 e. The molecule has 2 aromatic rings. The van der Waals surface area contributed by atoms with Crippen LogP contribution in [0, 0.1) is 36.0 Å². The fourth-order valence-electron chi connectivity index (χ4n) is 9.76. The normalized spacial score (nSPS) is 34.9. The van der Waals surface area contributed by atoms with Crippen LogP contribution in [0.15, 0.2) is 24.3 Å². The van der Waals surface area contributed by atoms with Gasteiger partial charge in [0, 0.05) is 34.6 Å². The van der Waals surface area contributed by atoms with Crippen molar-refractivity contribution in [1.29, 1.82) is 0 Å². The summed E-state index contributed by atoms with van der Waals surface area (Å²) in [6.45, 7) is 10.8. The van der Waals surface area contributed by atoms with Gasteiger partial charge in [-0.25, -0.2) is 0 Å². The fraction of sp³-hybridized carbons (Fsp3) is 0.697. The summed E-state index contributed by atoms with van der Waals surface area (Å²) in [5.41, 5.74) is 2.97. The number of H-pyrrole nitrogens is 1. The van der Waals surface area contributed by atoms with Gasteiger partial charge in [-0.3, -0.25) is 9.59 Å². The van der Waals surface area contributed by atoms with Crippen LogP contribution in [-0.2, 0) is 9.59 Å². The molecule has 0 aliphatic heterocycles. The molecule has 6 aliphatic rings. The van der Waals surface area contributed by atoms with Crippen LogP contribution in [0.4, 0.5) is 0 Å². The number of amides is 2. The van der Waals surface area contributed by atoms with Crippen LogP contribution in [0.2, 0.25) is 0 Å². The molecule has 6 saturated carbocycles. The Balaban J connectivity index is 1.10. The van der Waals surface area contributed by atoms with Crippen LogP contribution < -0.4 is 5.32 Å². The number of para-hydroxylation sites is 1. The minimum absolute atomic E-state index is 0.0299. The molecule has 2 N–H and O–H groups in total. The number of rotatable bonds is 7. The molecule has 0 radical (unpaired) electrons. The molecule has 0 saturated heterocycles. The summed E-state index contributed by atoms with van der Waals surface area (Å²) in [7, 11) is 0. The Morgan fingerprint density at radius 1 is 1.03 bits per heavy atom. The van der Waals surface area contributed by atoms with Gasteiger partial charge in [-0.1, -0.05) is 32.0 Å². The zero-order valence-corrected chi connectivity index (χ0v) is 23.9. The van der Waals surface area contributed by atoms with Gasteiger partial charge in [-0.2, -0.15) is 0 Å². The van der Waals surface area contributed by atoms with Gasteiger partial charge < -0.3 is 15.2 Å². The average Bonchev–Trinajstić information content (AvgIpc) is 3.70. The van der Waals surface area contributed by atoms with Crippen molar-refractivity contribution < 1.29 is 9.59 Å². The van der Waals surface area contributed by atoms with Crippen LogP contribution in [0.5, 0.6) is 0 Å². The second kappa shape index (κ2) is 8.11. The number of hydrogen-bond acceptors (Lipinski definition) is 2. The van der Waals surface area contributed by atoms with E-state index in [4.69, 9.17) is 0 Å². The molecule has 6 fully saturated rings. The van der Waals surface area contributed by atoms with Crippen molar-refractivity contribution in [3.05, 3.63) is 35.5 Å². The number of fused-ring (bicyclic) bond motifs is 1. The standard InChI is InChI=1S/C33H45N3O2/c1-19-28(24-8-6-7-9-26(24)34-19)29-25(31(29,2)3)15-27(37)36(23-10-11-23)32(4,5)30(38)35-33-16-20-12-21(17-33)14-22(13-20)18-33/h6-9,20-23,25,29,34H,10-18H2,1-5H3,(H,35,38). The molecule has 2 atom stereocenters. The minimum atomic E-state index is -0.827. The molecule has 4 bridgehead atoms. The number of aromatic amines is 1. The summed E-state index contributed by atoms with van der Waals surface area (Å²) in [5.74, 6) is 3.23. The predicted octanol–water partition coefficient (Wildman–Crippen LogP) is 6.46. The van der Waals surface area contributed by atoms with Gasteiger partial charge >= 0.3 is 0 Å². The van der Waals surface area contributed by atoms with Gasteiger partial charge in [-0.15, -0.1) is 0 Å². The van der Waals surface area contributed by atoms with Crippen LogP contribution in [-0.4, -0.2) is 38.8 Å². The van der Waals surface area contributed by atoms with Crippen molar-refractivity contribution in [1.82, 2.24) is 15.2 Å². The fourth-order valence-corrected chi connectivity index (χ4v) is 9.76. The second-order valence-electron chi connectivity index (χ2n) is 15.0. The summed E-state index contributed by atoms with van der Waals surface area (Å²) in [6.07, 6.45) is 10.0. The van der Waals surface area contributed by atoms with Crippen molar-refractivity contribution in [2.24, 2.45) is 29.1 Å². The van der Waals surface area contributed by atoms with E-state index in [1.165, 1.54) is 41.4 Å². The highest BCUT2D eigenvalue weighted by Crippen LogP contribution is 2.67. The lowest BCUT2D eigenvalue weighted by Gasteiger charge is -2.57. The molecule has 5 heteroatoms. The lowest BCUT2D eigenvalue weighted by Crippen LogP contribution is -2.66. The molecule has 2 amide bonds. The zero-order valence-electron chi connectivity index (χ0n) is 23.9. The Morgan fingerprint density at radius 3 is 2.24 bits per heavy atom. The van der Waals surface area contributed by atoms with Gasteiger partial charge in [0.15, 0.2) is 0 Å². The molecule has 0 spiro atoms. The highest BCUT2D eigenvalue weighted by molar-refractivity contribution is 5.92. The first-order chi connectivity index (χ1) is 18.0. The van der Waals surface area contributed by atoms with Gasteiger partial charge in [0.25, 0.3) is 0 Å². The number of carbonyl (C=O) groups excluding carboxylic acids is 2. The molecule has 5 nitrogen and oxygen atoms in total. The summed E-state index contributed by atoms with van der Waals surface area (Å²) in [5, 5.41) is 4.87. The molecule has 1 aromatic carbocycles. The molecule has 1 heterocycles. The quantitative estimate of drug-likeness (QED) is 0.444. The molecule has 8 rings (SSSR count). The highest BCUT2D eigenvalue weighted by atomic mass is 16.2. The second-order valence-corrected chi connectivity index (χ2v) is 15.0. The van der Waals surface area contributed by atoms with Crippen molar-refractivity contribution in [2.45, 2.75) is 115 Å².